The molecule has 1 amide bonds. The van der Waals surface area contributed by atoms with E-state index in [1.165, 1.54) is 0 Å². The van der Waals surface area contributed by atoms with Gasteiger partial charge >= 0.3 is 18.0 Å². The number of rotatable bonds is 8. The summed E-state index contributed by atoms with van der Waals surface area (Å²) in [6.07, 6.45) is 1.04. The zero-order valence-electron chi connectivity index (χ0n) is 16.8. The first-order valence-electron chi connectivity index (χ1n) is 9.80. The molecule has 0 aliphatic carbocycles. The summed E-state index contributed by atoms with van der Waals surface area (Å²) in [5.74, 6) is -2.73. The van der Waals surface area contributed by atoms with Crippen molar-refractivity contribution in [1.29, 1.82) is 0 Å². The molecule has 28 heavy (non-hydrogen) atoms. The average Bonchev–Trinajstić information content (AvgIpc) is 3.17. The highest BCUT2D eigenvalue weighted by Crippen LogP contribution is 2.31. The van der Waals surface area contributed by atoms with Gasteiger partial charge in [0.05, 0.1) is 13.2 Å². The second-order valence-electron chi connectivity index (χ2n) is 6.78. The monoisotopic (exact) mass is 391 g/mol. The lowest BCUT2D eigenvalue weighted by molar-refractivity contribution is -0.165. The number of amides is 1. The lowest BCUT2D eigenvalue weighted by Crippen LogP contribution is -2.46. The molecule has 0 aromatic heterocycles. The van der Waals surface area contributed by atoms with Gasteiger partial charge in [0, 0.05) is 18.5 Å². The van der Waals surface area contributed by atoms with E-state index >= 15 is 0 Å². The fourth-order valence-corrected chi connectivity index (χ4v) is 3.58. The Kier molecular flexibility index (Phi) is 8.29. The van der Waals surface area contributed by atoms with E-state index in [1.807, 2.05) is 30.3 Å². The first-order chi connectivity index (χ1) is 13.5. The predicted molar refractivity (Wildman–Crippen MR) is 102 cm³/mol. The number of hydrogen-bond acceptors (Lipinski definition) is 6. The molecule has 2 unspecified atom stereocenters. The molecule has 1 aromatic rings. The third-order valence-electron chi connectivity index (χ3n) is 4.95. The molecular formula is C21H29NO6. The van der Waals surface area contributed by atoms with E-state index in [-0.39, 0.29) is 25.9 Å². The molecule has 154 valence electrons. The molecular weight excluding hydrogens is 362 g/mol. The second-order valence-corrected chi connectivity index (χ2v) is 6.78. The minimum Gasteiger partial charge on any atom is -0.465 e. The summed E-state index contributed by atoms with van der Waals surface area (Å²) in [4.78, 5) is 39.0. The third kappa shape index (κ3) is 5.47. The van der Waals surface area contributed by atoms with Crippen LogP contribution in [-0.4, -0.2) is 48.7 Å². The quantitative estimate of drug-likeness (QED) is 0.385. The Morgan fingerprint density at radius 1 is 1.04 bits per heavy atom. The predicted octanol–water partition coefficient (Wildman–Crippen LogP) is 3.17. The topological polar surface area (TPSA) is 82.1 Å². The summed E-state index contributed by atoms with van der Waals surface area (Å²) in [6.45, 7) is 6.22. The maximum absolute atomic E-state index is 12.6. The van der Waals surface area contributed by atoms with Crippen molar-refractivity contribution in [3.63, 3.8) is 0 Å². The molecule has 0 saturated carbocycles. The van der Waals surface area contributed by atoms with Gasteiger partial charge in [-0.25, -0.2) is 4.79 Å². The molecule has 0 N–H and O–H groups in total. The van der Waals surface area contributed by atoms with Gasteiger partial charge in [-0.15, -0.1) is 0 Å². The van der Waals surface area contributed by atoms with Gasteiger partial charge in [0.15, 0.2) is 5.92 Å². The zero-order chi connectivity index (χ0) is 20.5. The van der Waals surface area contributed by atoms with Crippen LogP contribution >= 0.6 is 0 Å². The van der Waals surface area contributed by atoms with E-state index in [2.05, 4.69) is 0 Å². The lowest BCUT2D eigenvalue weighted by atomic mass is 9.86. The number of carbonyl (C=O) groups is 3. The highest BCUT2D eigenvalue weighted by atomic mass is 16.6. The van der Waals surface area contributed by atoms with E-state index in [9.17, 15) is 14.4 Å². The molecule has 2 atom stereocenters. The minimum absolute atomic E-state index is 0.176. The molecule has 2 rings (SSSR count). The van der Waals surface area contributed by atoms with Crippen LogP contribution in [0, 0.1) is 11.8 Å². The Hall–Kier alpha value is -2.57. The van der Waals surface area contributed by atoms with Crippen LogP contribution in [0.25, 0.3) is 0 Å². The number of likely N-dealkylation sites (tertiary alicyclic amines) is 1. The maximum atomic E-state index is 12.6. The largest absolute Gasteiger partial charge is 0.465 e. The molecule has 1 aliphatic rings. The molecule has 1 aromatic carbocycles. The van der Waals surface area contributed by atoms with Gasteiger partial charge in [0.2, 0.25) is 0 Å². The SMILES string of the molecule is CCOC(=O)C(C(=O)OCC)C(C)C1CCCN1C(=O)OCc1ccccc1. The standard InChI is InChI=1S/C21H29NO6/c1-4-26-19(23)18(20(24)27-5-2)15(3)17-12-9-13-22(17)21(25)28-14-16-10-7-6-8-11-16/h6-8,10-11,15,17-18H,4-5,9,12-14H2,1-3H3. The first kappa shape index (κ1) is 21.7. The van der Waals surface area contributed by atoms with Crippen molar-refractivity contribution in [3.8, 4) is 0 Å². The minimum atomic E-state index is -1.06. The molecule has 7 heteroatoms. The molecule has 1 aliphatic heterocycles. The highest BCUT2D eigenvalue weighted by Gasteiger charge is 2.44. The van der Waals surface area contributed by atoms with Crippen LogP contribution in [0.2, 0.25) is 0 Å². The van der Waals surface area contributed by atoms with Crippen molar-refractivity contribution >= 4 is 18.0 Å². The summed E-state index contributed by atoms with van der Waals surface area (Å²) in [5, 5.41) is 0. The van der Waals surface area contributed by atoms with Gasteiger partial charge in [-0.2, -0.15) is 0 Å². The van der Waals surface area contributed by atoms with E-state index < -0.39 is 29.9 Å². The molecule has 0 bridgehead atoms. The van der Waals surface area contributed by atoms with Gasteiger partial charge < -0.3 is 19.1 Å². The van der Waals surface area contributed by atoms with Gasteiger partial charge in [-0.05, 0) is 32.3 Å². The van der Waals surface area contributed by atoms with Gasteiger partial charge in [0.25, 0.3) is 0 Å². The fourth-order valence-electron chi connectivity index (χ4n) is 3.58. The second kappa shape index (κ2) is 10.7. The van der Waals surface area contributed by atoms with Crippen molar-refractivity contribution < 1.29 is 28.6 Å². The van der Waals surface area contributed by atoms with E-state index in [1.54, 1.807) is 25.7 Å². The Morgan fingerprint density at radius 2 is 1.64 bits per heavy atom. The molecule has 0 radical (unpaired) electrons. The van der Waals surface area contributed by atoms with E-state index in [0.717, 1.165) is 12.0 Å². The maximum Gasteiger partial charge on any atom is 0.410 e. The molecule has 7 nitrogen and oxygen atoms in total. The van der Waals surface area contributed by atoms with Gasteiger partial charge in [-0.1, -0.05) is 37.3 Å². The van der Waals surface area contributed by atoms with Crippen molar-refractivity contribution in [2.45, 2.75) is 46.3 Å². The first-order valence-corrected chi connectivity index (χ1v) is 9.80. The third-order valence-corrected chi connectivity index (χ3v) is 4.95. The number of hydrogen-bond donors (Lipinski definition) is 0. The Labute approximate surface area is 165 Å². The lowest BCUT2D eigenvalue weighted by Gasteiger charge is -2.32. The molecule has 1 saturated heterocycles. The van der Waals surface area contributed by atoms with Crippen molar-refractivity contribution in [2.75, 3.05) is 19.8 Å². The van der Waals surface area contributed by atoms with E-state index in [0.29, 0.717) is 13.0 Å². The van der Waals surface area contributed by atoms with Crippen molar-refractivity contribution in [1.82, 2.24) is 4.90 Å². The van der Waals surface area contributed by atoms with Crippen LogP contribution in [0.1, 0.15) is 39.2 Å². The number of esters is 2. The Morgan fingerprint density at radius 3 is 2.21 bits per heavy atom. The summed E-state index contributed by atoms with van der Waals surface area (Å²) in [6, 6.07) is 9.14. The average molecular weight is 391 g/mol. The molecule has 1 heterocycles. The van der Waals surface area contributed by atoms with E-state index in [4.69, 9.17) is 14.2 Å². The van der Waals surface area contributed by atoms with Crippen molar-refractivity contribution in [2.24, 2.45) is 11.8 Å². The highest BCUT2D eigenvalue weighted by molar-refractivity contribution is 5.95. The van der Waals surface area contributed by atoms with Gasteiger partial charge in [0.1, 0.15) is 6.61 Å². The van der Waals surface area contributed by atoms with Crippen LogP contribution in [0.3, 0.4) is 0 Å². The number of nitrogens with zero attached hydrogens (tertiary/aromatic N) is 1. The van der Waals surface area contributed by atoms with Crippen LogP contribution in [0.4, 0.5) is 4.79 Å². The van der Waals surface area contributed by atoms with Gasteiger partial charge in [-0.3, -0.25) is 9.59 Å². The van der Waals surface area contributed by atoms with Crippen LogP contribution in [0.5, 0.6) is 0 Å². The summed E-state index contributed by atoms with van der Waals surface area (Å²) >= 11 is 0. The fraction of sp³-hybridized carbons (Fsp3) is 0.571. The van der Waals surface area contributed by atoms with Crippen LogP contribution in [-0.2, 0) is 30.4 Å². The molecule has 1 fully saturated rings. The summed E-state index contributed by atoms with van der Waals surface area (Å²) < 4.78 is 15.6. The number of carbonyl (C=O) groups excluding carboxylic acids is 3. The van der Waals surface area contributed by atoms with Crippen LogP contribution in [0.15, 0.2) is 30.3 Å². The Bertz CT molecular complexity index is 644. The van der Waals surface area contributed by atoms with Crippen molar-refractivity contribution in [3.05, 3.63) is 35.9 Å². The number of ether oxygens (including phenoxy) is 3. The molecule has 0 spiro atoms. The summed E-state index contributed by atoms with van der Waals surface area (Å²) in [7, 11) is 0. The summed E-state index contributed by atoms with van der Waals surface area (Å²) in [5.41, 5.74) is 0.899. The zero-order valence-corrected chi connectivity index (χ0v) is 16.8. The smallest absolute Gasteiger partial charge is 0.410 e. The van der Waals surface area contributed by atoms with Crippen LogP contribution < -0.4 is 0 Å². The Balaban J connectivity index is 2.07. The number of benzene rings is 1. The normalized spacial score (nSPS) is 17.3.